The van der Waals surface area contributed by atoms with Crippen molar-refractivity contribution >= 4 is 73.2 Å². The molecule has 38 heavy (non-hydrogen) atoms. The summed E-state index contributed by atoms with van der Waals surface area (Å²) in [7, 11) is 0. The number of halogens is 2. The molecule has 3 heterocycles. The van der Waals surface area contributed by atoms with Gasteiger partial charge in [0.25, 0.3) is 11.7 Å². The van der Waals surface area contributed by atoms with Crippen LogP contribution < -0.4 is 15.1 Å². The molecule has 9 nitrogen and oxygen atoms in total. The van der Waals surface area contributed by atoms with Gasteiger partial charge in [-0.2, -0.15) is 0 Å². The first-order valence-corrected chi connectivity index (χ1v) is 13.3. The number of fused-ring (bicyclic) bond motifs is 1. The fourth-order valence-corrected chi connectivity index (χ4v) is 5.15. The molecule has 2 aliphatic heterocycles. The lowest BCUT2D eigenvalue weighted by atomic mass is 10.1. The molecule has 0 saturated carbocycles. The minimum absolute atomic E-state index is 0.282. The third-order valence-electron chi connectivity index (χ3n) is 6.69. The number of aromatic nitrogens is 1. The van der Waals surface area contributed by atoms with E-state index < -0.39 is 23.6 Å². The highest BCUT2D eigenvalue weighted by Crippen LogP contribution is 2.29. The molecule has 0 bridgehead atoms. The van der Waals surface area contributed by atoms with Gasteiger partial charge < -0.3 is 24.8 Å². The predicted molar refractivity (Wildman–Crippen MR) is 149 cm³/mol. The highest BCUT2D eigenvalue weighted by Gasteiger charge is 2.33. The van der Waals surface area contributed by atoms with Gasteiger partial charge in [-0.15, -0.1) is 0 Å². The number of anilines is 2. The second-order valence-electron chi connectivity index (χ2n) is 9.19. The normalized spacial score (nSPS) is 17.6. The molecular weight excluding hydrogens is 577 g/mol. The smallest absolute Gasteiger partial charge is 0.414 e. The van der Waals surface area contributed by atoms with Crippen LogP contribution in [0.2, 0.25) is 0 Å². The number of aromatic amines is 1. The molecule has 0 spiro atoms. The second-order valence-corrected chi connectivity index (χ2v) is 10.7. The molecule has 1 atom stereocenters. The summed E-state index contributed by atoms with van der Waals surface area (Å²) >= 11 is 8.39. The lowest BCUT2D eigenvalue weighted by Crippen LogP contribution is -2.50. The number of ketones is 1. The van der Waals surface area contributed by atoms with Crippen molar-refractivity contribution in [1.29, 1.82) is 0 Å². The van der Waals surface area contributed by atoms with E-state index in [1.165, 1.54) is 15.9 Å². The summed E-state index contributed by atoms with van der Waals surface area (Å²) in [4.78, 5) is 46.6. The number of cyclic esters (lactones) is 1. The topological polar surface area (TPSA) is 98.0 Å². The molecule has 198 valence electrons. The lowest BCUT2D eigenvalue weighted by Gasteiger charge is -2.36. The molecule has 2 N–H and O–H groups in total. The number of nitrogens with one attached hydrogen (secondary N) is 2. The Morgan fingerprint density at radius 3 is 2.66 bits per heavy atom. The van der Waals surface area contributed by atoms with E-state index in [0.717, 1.165) is 9.99 Å². The van der Waals surface area contributed by atoms with Crippen LogP contribution in [0.4, 0.5) is 20.6 Å². The first kappa shape index (κ1) is 26.1. The van der Waals surface area contributed by atoms with Crippen molar-refractivity contribution in [2.45, 2.75) is 13.0 Å². The molecule has 2 saturated heterocycles. The van der Waals surface area contributed by atoms with Gasteiger partial charge in [-0.3, -0.25) is 14.5 Å². The number of hydrogen-bond donors (Lipinski definition) is 2. The maximum atomic E-state index is 15.1. The Morgan fingerprint density at radius 1 is 1.18 bits per heavy atom. The number of nitrogens with zero attached hydrogens (tertiary/aromatic N) is 3. The van der Waals surface area contributed by atoms with Gasteiger partial charge in [0, 0.05) is 47.8 Å². The maximum absolute atomic E-state index is 15.1. The molecular formula is C26H25BrFN5O4S. The van der Waals surface area contributed by atoms with E-state index in [9.17, 15) is 14.4 Å². The summed E-state index contributed by atoms with van der Waals surface area (Å²) in [6, 6.07) is 10.1. The van der Waals surface area contributed by atoms with E-state index in [2.05, 4.69) is 26.2 Å². The minimum atomic E-state index is -0.582. The van der Waals surface area contributed by atoms with E-state index in [-0.39, 0.29) is 25.7 Å². The van der Waals surface area contributed by atoms with Gasteiger partial charge in [-0.1, -0.05) is 28.1 Å². The number of Topliss-reactive ketones (excluding diaryl/α,β-unsaturated/α-hetero) is 1. The van der Waals surface area contributed by atoms with E-state index >= 15 is 4.39 Å². The number of hydrogen-bond acceptors (Lipinski definition) is 6. The second kappa shape index (κ2) is 10.7. The SMILES string of the molecule is CC(=S)NC[C@H]1CN(c2ccc(N3CCN(C(=O)C(=O)c4c[nH]c5ccc(Br)cc45)CC3)c(F)c2)C(=O)O1. The number of carbonyl (C=O) groups excluding carboxylic acids is 3. The van der Waals surface area contributed by atoms with Crippen molar-refractivity contribution in [1.82, 2.24) is 15.2 Å². The number of thiocarbonyl (C=S) groups is 1. The summed E-state index contributed by atoms with van der Waals surface area (Å²) in [6.07, 6.45) is 0.630. The number of rotatable bonds is 6. The van der Waals surface area contributed by atoms with E-state index in [1.807, 2.05) is 17.0 Å². The quantitative estimate of drug-likeness (QED) is 0.251. The Balaban J connectivity index is 1.21. The number of H-pyrrole nitrogens is 1. The Bertz CT molecular complexity index is 1440. The summed E-state index contributed by atoms with van der Waals surface area (Å²) in [5, 5.41) is 3.65. The van der Waals surface area contributed by atoms with Crippen molar-refractivity contribution in [2.24, 2.45) is 0 Å². The van der Waals surface area contributed by atoms with Crippen molar-refractivity contribution in [3.05, 3.63) is 58.4 Å². The van der Waals surface area contributed by atoms with Gasteiger partial charge in [-0.05, 0) is 43.3 Å². The number of piperazine rings is 1. The van der Waals surface area contributed by atoms with Crippen molar-refractivity contribution in [2.75, 3.05) is 49.1 Å². The number of benzene rings is 2. The molecule has 0 radical (unpaired) electrons. The molecule has 2 amide bonds. The number of ether oxygens (including phenoxy) is 1. The zero-order valence-electron chi connectivity index (χ0n) is 20.5. The molecule has 1 aromatic heterocycles. The zero-order valence-corrected chi connectivity index (χ0v) is 22.9. The fraction of sp³-hybridized carbons (Fsp3) is 0.308. The van der Waals surface area contributed by atoms with Crippen LogP contribution in [-0.4, -0.2) is 78.0 Å². The molecule has 3 aromatic rings. The van der Waals surface area contributed by atoms with Gasteiger partial charge in [0.1, 0.15) is 11.9 Å². The van der Waals surface area contributed by atoms with Crippen LogP contribution in [0.1, 0.15) is 17.3 Å². The van der Waals surface area contributed by atoms with Gasteiger partial charge in [0.15, 0.2) is 0 Å². The first-order valence-electron chi connectivity index (χ1n) is 12.1. The highest BCUT2D eigenvalue weighted by atomic mass is 79.9. The van der Waals surface area contributed by atoms with Crippen molar-refractivity contribution < 1.29 is 23.5 Å². The van der Waals surface area contributed by atoms with E-state index in [0.29, 0.717) is 46.9 Å². The Morgan fingerprint density at radius 2 is 1.95 bits per heavy atom. The van der Waals surface area contributed by atoms with Gasteiger partial charge in [0.05, 0.1) is 35.0 Å². The average Bonchev–Trinajstić information content (AvgIpc) is 3.49. The molecule has 0 aliphatic carbocycles. The van der Waals surface area contributed by atoms with Crippen LogP contribution in [0, 0.1) is 5.82 Å². The van der Waals surface area contributed by atoms with Crippen LogP contribution in [0.3, 0.4) is 0 Å². The highest BCUT2D eigenvalue weighted by molar-refractivity contribution is 9.10. The van der Waals surface area contributed by atoms with Crippen LogP contribution in [-0.2, 0) is 9.53 Å². The van der Waals surface area contributed by atoms with Crippen LogP contribution in [0.5, 0.6) is 0 Å². The summed E-state index contributed by atoms with van der Waals surface area (Å²) < 4.78 is 21.3. The largest absolute Gasteiger partial charge is 0.442 e. The molecule has 5 rings (SSSR count). The lowest BCUT2D eigenvalue weighted by molar-refractivity contribution is -0.126. The van der Waals surface area contributed by atoms with Gasteiger partial charge in [-0.25, -0.2) is 9.18 Å². The molecule has 12 heteroatoms. The van der Waals surface area contributed by atoms with Crippen molar-refractivity contribution in [3.8, 4) is 0 Å². The summed E-state index contributed by atoms with van der Waals surface area (Å²) in [6.45, 7) is 3.72. The van der Waals surface area contributed by atoms with E-state index in [4.69, 9.17) is 17.0 Å². The third-order valence-corrected chi connectivity index (χ3v) is 7.32. The first-order chi connectivity index (χ1) is 18.2. The fourth-order valence-electron chi connectivity index (χ4n) is 4.71. The maximum Gasteiger partial charge on any atom is 0.414 e. The predicted octanol–water partition coefficient (Wildman–Crippen LogP) is 3.86. The number of amides is 2. The Hall–Kier alpha value is -3.51. The standard InChI is InChI=1S/C26H25BrFN5O4S/c1-15(38)29-12-18-14-33(26(36)37-18)17-3-5-23(21(28)11-17)31-6-8-32(9-7-31)25(35)24(34)20-13-30-22-4-2-16(27)10-19(20)22/h2-5,10-11,13,18,30H,6-9,12,14H2,1H3,(H,29,38)/t18-/m0/s1. The number of carbonyl (C=O) groups is 3. The van der Waals surface area contributed by atoms with Gasteiger partial charge in [0.2, 0.25) is 0 Å². The third kappa shape index (κ3) is 5.23. The molecule has 2 aromatic carbocycles. The Labute approximate surface area is 232 Å². The zero-order chi connectivity index (χ0) is 27.0. The summed E-state index contributed by atoms with van der Waals surface area (Å²) in [5.41, 5.74) is 1.87. The minimum Gasteiger partial charge on any atom is -0.442 e. The Kier molecular flexibility index (Phi) is 7.35. The van der Waals surface area contributed by atoms with Crippen molar-refractivity contribution in [3.63, 3.8) is 0 Å². The van der Waals surface area contributed by atoms with Gasteiger partial charge >= 0.3 is 6.09 Å². The summed E-state index contributed by atoms with van der Waals surface area (Å²) in [5.74, 6) is -1.64. The molecule has 0 unspecified atom stereocenters. The molecule has 2 fully saturated rings. The van der Waals surface area contributed by atoms with Crippen LogP contribution in [0.15, 0.2) is 47.1 Å². The monoisotopic (exact) mass is 601 g/mol. The molecule has 2 aliphatic rings. The van der Waals surface area contributed by atoms with Crippen LogP contribution >= 0.6 is 28.1 Å². The average molecular weight is 602 g/mol. The van der Waals surface area contributed by atoms with E-state index in [1.54, 1.807) is 31.3 Å². The van der Waals surface area contributed by atoms with Crippen LogP contribution in [0.25, 0.3) is 10.9 Å².